The van der Waals surface area contributed by atoms with Gasteiger partial charge in [-0.3, -0.25) is 19.0 Å². The second kappa shape index (κ2) is 10.7. The Morgan fingerprint density at radius 1 is 1.00 bits per heavy atom. The Morgan fingerprint density at radius 2 is 1.74 bits per heavy atom. The smallest absolute Gasteiger partial charge is 0.332 e. The number of rotatable bonds is 7. The van der Waals surface area contributed by atoms with Gasteiger partial charge in [0, 0.05) is 25.2 Å². The van der Waals surface area contributed by atoms with Gasteiger partial charge in [0.25, 0.3) is 5.56 Å². The molecular formula is C24H28N4O5S. The Bertz CT molecular complexity index is 1300. The van der Waals surface area contributed by atoms with Crippen molar-refractivity contribution in [2.45, 2.75) is 45.3 Å². The number of carbonyl (C=O) groups is 2. The van der Waals surface area contributed by atoms with Gasteiger partial charge in [0.2, 0.25) is 11.8 Å². The number of carbonyl (C=O) groups excluding carboxylic acids is 2. The highest BCUT2D eigenvalue weighted by Gasteiger charge is 2.21. The lowest BCUT2D eigenvalue weighted by atomic mass is 10.2. The molecule has 9 nitrogen and oxygen atoms in total. The Balaban J connectivity index is 1.57. The van der Waals surface area contributed by atoms with Gasteiger partial charge in [0.05, 0.1) is 12.6 Å². The van der Waals surface area contributed by atoms with Crippen LogP contribution in [0.1, 0.15) is 31.2 Å². The zero-order chi connectivity index (χ0) is 24.1. The maximum absolute atomic E-state index is 13.3. The highest BCUT2D eigenvalue weighted by atomic mass is 32.1. The van der Waals surface area contributed by atoms with Crippen LogP contribution < -0.4 is 21.3 Å². The van der Waals surface area contributed by atoms with Gasteiger partial charge in [-0.15, -0.1) is 11.3 Å². The molecule has 0 bridgehead atoms. The number of aromatic nitrogens is 2. The minimum atomic E-state index is -0.661. The molecule has 1 aliphatic rings. The molecule has 0 aliphatic carbocycles. The number of nitrogens with one attached hydrogen (secondary N) is 1. The number of fused-ring (bicyclic) bond motifs is 1. The molecule has 0 unspecified atom stereocenters. The van der Waals surface area contributed by atoms with E-state index in [2.05, 4.69) is 5.32 Å². The largest absolute Gasteiger partial charge is 0.496 e. The standard InChI is InChI=1S/C24H28N4O5S/c1-33-19-9-5-4-8-17(19)14-25-20(29)15-28-23(31)22-18(10-13-34-22)27(24(28)32)16-21(30)26-11-6-2-3-7-12-26/h4-5,8-10,13H,2-3,6-7,11-12,14-16H2,1H3,(H,25,29). The number of ether oxygens (including phenoxy) is 1. The molecule has 4 rings (SSSR count). The van der Waals surface area contributed by atoms with Crippen molar-refractivity contribution in [3.05, 3.63) is 62.1 Å². The van der Waals surface area contributed by atoms with E-state index in [-0.39, 0.29) is 19.0 Å². The van der Waals surface area contributed by atoms with Gasteiger partial charge in [0.15, 0.2) is 0 Å². The first-order valence-corrected chi connectivity index (χ1v) is 12.2. The lowest BCUT2D eigenvalue weighted by molar-refractivity contribution is -0.131. The lowest BCUT2D eigenvalue weighted by Gasteiger charge is -2.21. The molecule has 0 atom stereocenters. The molecule has 10 heteroatoms. The van der Waals surface area contributed by atoms with Crippen molar-refractivity contribution in [3.8, 4) is 5.75 Å². The summed E-state index contributed by atoms with van der Waals surface area (Å²) in [7, 11) is 1.55. The number of hydrogen-bond acceptors (Lipinski definition) is 6. The van der Waals surface area contributed by atoms with Crippen molar-refractivity contribution >= 4 is 33.4 Å². The number of benzene rings is 1. The van der Waals surface area contributed by atoms with Crippen molar-refractivity contribution in [1.29, 1.82) is 0 Å². The fraction of sp³-hybridized carbons (Fsp3) is 0.417. The molecule has 2 amide bonds. The molecule has 1 aromatic carbocycles. The van der Waals surface area contributed by atoms with E-state index in [9.17, 15) is 19.2 Å². The van der Waals surface area contributed by atoms with Crippen LogP contribution in [0.4, 0.5) is 0 Å². The van der Waals surface area contributed by atoms with Crippen LogP contribution in [0.3, 0.4) is 0 Å². The normalized spacial score (nSPS) is 14.1. The molecule has 1 N–H and O–H groups in total. The Morgan fingerprint density at radius 3 is 2.47 bits per heavy atom. The van der Waals surface area contributed by atoms with Crippen molar-refractivity contribution in [3.63, 3.8) is 0 Å². The minimum absolute atomic E-state index is 0.151. The van der Waals surface area contributed by atoms with Crippen LogP contribution >= 0.6 is 11.3 Å². The number of amides is 2. The molecular weight excluding hydrogens is 456 g/mol. The Labute approximate surface area is 200 Å². The van der Waals surface area contributed by atoms with Gasteiger partial charge < -0.3 is 15.0 Å². The number of thiophene rings is 1. The molecule has 0 radical (unpaired) electrons. The Hall–Kier alpha value is -3.40. The summed E-state index contributed by atoms with van der Waals surface area (Å²) in [5.41, 5.74) is 0.0149. The molecule has 1 fully saturated rings. The van der Waals surface area contributed by atoms with Crippen LogP contribution in [0, 0.1) is 0 Å². The number of hydrogen-bond donors (Lipinski definition) is 1. The number of nitrogens with zero attached hydrogens (tertiary/aromatic N) is 3. The van der Waals surface area contributed by atoms with Crippen LogP contribution in [0.15, 0.2) is 45.3 Å². The summed E-state index contributed by atoms with van der Waals surface area (Å²) in [6, 6.07) is 8.94. The number of para-hydroxylation sites is 1. The van der Waals surface area contributed by atoms with Crippen LogP contribution in [-0.2, 0) is 29.2 Å². The van der Waals surface area contributed by atoms with Gasteiger partial charge in [-0.25, -0.2) is 9.36 Å². The van der Waals surface area contributed by atoms with Crippen molar-refractivity contribution in [1.82, 2.24) is 19.4 Å². The maximum atomic E-state index is 13.3. The monoisotopic (exact) mass is 484 g/mol. The van der Waals surface area contributed by atoms with Crippen molar-refractivity contribution < 1.29 is 14.3 Å². The predicted octanol–water partition coefficient (Wildman–Crippen LogP) is 1.95. The summed E-state index contributed by atoms with van der Waals surface area (Å²) in [6.07, 6.45) is 4.07. The second-order valence-corrected chi connectivity index (χ2v) is 9.19. The summed E-state index contributed by atoms with van der Waals surface area (Å²) in [5, 5.41) is 4.45. The molecule has 1 aliphatic heterocycles. The van der Waals surface area contributed by atoms with Gasteiger partial charge in [0.1, 0.15) is 23.5 Å². The first-order valence-electron chi connectivity index (χ1n) is 11.4. The van der Waals surface area contributed by atoms with E-state index in [4.69, 9.17) is 4.74 Å². The van der Waals surface area contributed by atoms with E-state index in [0.717, 1.165) is 35.8 Å². The van der Waals surface area contributed by atoms with E-state index in [1.807, 2.05) is 18.2 Å². The third-order valence-electron chi connectivity index (χ3n) is 6.06. The van der Waals surface area contributed by atoms with Crippen LogP contribution in [0.25, 0.3) is 10.2 Å². The minimum Gasteiger partial charge on any atom is -0.496 e. The van der Waals surface area contributed by atoms with Gasteiger partial charge >= 0.3 is 5.69 Å². The highest BCUT2D eigenvalue weighted by molar-refractivity contribution is 7.17. The molecule has 34 heavy (non-hydrogen) atoms. The third kappa shape index (κ3) is 5.06. The molecule has 0 saturated carbocycles. The summed E-state index contributed by atoms with van der Waals surface area (Å²) in [4.78, 5) is 53.6. The molecule has 3 heterocycles. The van der Waals surface area contributed by atoms with E-state index < -0.39 is 23.7 Å². The SMILES string of the molecule is COc1ccccc1CNC(=O)Cn1c(=O)c2sccc2n(CC(=O)N2CCCCCC2)c1=O. The van der Waals surface area contributed by atoms with E-state index in [1.165, 1.54) is 15.9 Å². The van der Waals surface area contributed by atoms with Gasteiger partial charge in [-0.1, -0.05) is 31.0 Å². The maximum Gasteiger partial charge on any atom is 0.332 e. The van der Waals surface area contributed by atoms with E-state index >= 15 is 0 Å². The van der Waals surface area contributed by atoms with Gasteiger partial charge in [-0.2, -0.15) is 0 Å². The van der Waals surface area contributed by atoms with E-state index in [1.54, 1.807) is 29.5 Å². The Kier molecular flexibility index (Phi) is 7.46. The topological polar surface area (TPSA) is 103 Å². The van der Waals surface area contributed by atoms with Crippen molar-refractivity contribution in [2.75, 3.05) is 20.2 Å². The fourth-order valence-corrected chi connectivity index (χ4v) is 5.07. The zero-order valence-corrected chi connectivity index (χ0v) is 19.9. The third-order valence-corrected chi connectivity index (χ3v) is 6.95. The van der Waals surface area contributed by atoms with Crippen LogP contribution in [-0.4, -0.2) is 46.0 Å². The van der Waals surface area contributed by atoms with Crippen LogP contribution in [0.5, 0.6) is 5.75 Å². The summed E-state index contributed by atoms with van der Waals surface area (Å²) < 4.78 is 7.86. The quantitative estimate of drug-likeness (QED) is 0.552. The second-order valence-electron chi connectivity index (χ2n) is 8.28. The average Bonchev–Trinajstić information content (AvgIpc) is 3.17. The zero-order valence-electron chi connectivity index (χ0n) is 19.1. The lowest BCUT2D eigenvalue weighted by Crippen LogP contribution is -2.45. The molecule has 1 saturated heterocycles. The average molecular weight is 485 g/mol. The van der Waals surface area contributed by atoms with Crippen LogP contribution in [0.2, 0.25) is 0 Å². The predicted molar refractivity (Wildman–Crippen MR) is 130 cm³/mol. The molecule has 2 aromatic heterocycles. The first kappa shape index (κ1) is 23.7. The van der Waals surface area contributed by atoms with E-state index in [0.29, 0.717) is 29.1 Å². The number of likely N-dealkylation sites (tertiary alicyclic amines) is 1. The first-order chi connectivity index (χ1) is 16.5. The molecule has 180 valence electrons. The fourth-order valence-electron chi connectivity index (χ4n) is 4.22. The van der Waals surface area contributed by atoms with Crippen molar-refractivity contribution in [2.24, 2.45) is 0 Å². The number of methoxy groups -OCH3 is 1. The van der Waals surface area contributed by atoms with Gasteiger partial charge in [-0.05, 0) is 30.4 Å². The summed E-state index contributed by atoms with van der Waals surface area (Å²) in [6.45, 7) is 0.949. The summed E-state index contributed by atoms with van der Waals surface area (Å²) >= 11 is 1.19. The highest BCUT2D eigenvalue weighted by Crippen LogP contribution is 2.18. The molecule has 0 spiro atoms. The summed E-state index contributed by atoms with van der Waals surface area (Å²) in [5.74, 6) is 0.00285. The molecule has 3 aromatic rings.